The second-order valence-corrected chi connectivity index (χ2v) is 6.90. The summed E-state index contributed by atoms with van der Waals surface area (Å²) in [7, 11) is 0. The lowest BCUT2D eigenvalue weighted by Crippen LogP contribution is -2.25. The maximum atomic E-state index is 13.7. The van der Waals surface area contributed by atoms with E-state index in [1.165, 1.54) is 41.7 Å². The molecule has 2 heterocycles. The molecule has 1 aromatic heterocycles. The van der Waals surface area contributed by atoms with E-state index in [-0.39, 0.29) is 23.6 Å². The standard InChI is InChI=1S/C18H12F4N2O2S/c1-9-5-14-15(26-18(21,22)25-14)6-10(9)16-8-24-17(27-16)23-7-11-12(19)3-2-4-13(11)20/h2-6,8H,7H2,1H3,(H,23,24). The average Bonchev–Trinajstić information content (AvgIpc) is 3.16. The predicted molar refractivity (Wildman–Crippen MR) is 92.2 cm³/mol. The number of fused-ring (bicyclic) bond motifs is 1. The molecule has 0 atom stereocenters. The van der Waals surface area contributed by atoms with E-state index < -0.39 is 17.9 Å². The monoisotopic (exact) mass is 396 g/mol. The number of hydrogen-bond donors (Lipinski definition) is 1. The van der Waals surface area contributed by atoms with E-state index in [9.17, 15) is 17.6 Å². The zero-order chi connectivity index (χ0) is 19.2. The van der Waals surface area contributed by atoms with Gasteiger partial charge in [-0.2, -0.15) is 0 Å². The number of nitrogens with one attached hydrogen (secondary N) is 1. The first-order valence-electron chi connectivity index (χ1n) is 7.86. The Hall–Kier alpha value is -2.81. The highest BCUT2D eigenvalue weighted by molar-refractivity contribution is 7.18. The van der Waals surface area contributed by atoms with Crippen LogP contribution in [0.2, 0.25) is 0 Å². The van der Waals surface area contributed by atoms with Crippen molar-refractivity contribution in [2.24, 2.45) is 0 Å². The van der Waals surface area contributed by atoms with Crippen molar-refractivity contribution in [3.8, 4) is 21.9 Å². The summed E-state index contributed by atoms with van der Waals surface area (Å²) in [6.45, 7) is 1.68. The second-order valence-electron chi connectivity index (χ2n) is 5.86. The molecule has 9 heteroatoms. The minimum atomic E-state index is -3.68. The van der Waals surface area contributed by atoms with Crippen molar-refractivity contribution in [2.45, 2.75) is 19.8 Å². The van der Waals surface area contributed by atoms with Crippen molar-refractivity contribution in [3.63, 3.8) is 0 Å². The van der Waals surface area contributed by atoms with Gasteiger partial charge in [-0.1, -0.05) is 17.4 Å². The van der Waals surface area contributed by atoms with Crippen LogP contribution in [-0.4, -0.2) is 11.3 Å². The zero-order valence-electron chi connectivity index (χ0n) is 13.9. The van der Waals surface area contributed by atoms with Gasteiger partial charge in [0.25, 0.3) is 0 Å². The molecule has 0 aliphatic carbocycles. The SMILES string of the molecule is Cc1cc2c(cc1-c1cnc(NCc3c(F)cccc3F)s1)OC(F)(F)O2. The fourth-order valence-corrected chi connectivity index (χ4v) is 3.60. The third kappa shape index (κ3) is 3.42. The largest absolute Gasteiger partial charge is 0.586 e. The summed E-state index contributed by atoms with van der Waals surface area (Å²) in [4.78, 5) is 4.86. The van der Waals surface area contributed by atoms with Gasteiger partial charge < -0.3 is 14.8 Å². The van der Waals surface area contributed by atoms with Gasteiger partial charge in [-0.3, -0.25) is 0 Å². The van der Waals surface area contributed by atoms with Gasteiger partial charge in [0.05, 0.1) is 4.88 Å². The van der Waals surface area contributed by atoms with Crippen LogP contribution in [0.4, 0.5) is 22.7 Å². The van der Waals surface area contributed by atoms with Crippen LogP contribution in [0.3, 0.4) is 0 Å². The summed E-state index contributed by atoms with van der Waals surface area (Å²) in [5.41, 5.74) is 1.26. The van der Waals surface area contributed by atoms with Gasteiger partial charge in [-0.15, -0.1) is 8.78 Å². The van der Waals surface area contributed by atoms with Crippen LogP contribution in [-0.2, 0) is 6.54 Å². The number of halogens is 4. The lowest BCUT2D eigenvalue weighted by atomic mass is 10.1. The van der Waals surface area contributed by atoms with Crippen molar-refractivity contribution < 1.29 is 27.0 Å². The molecule has 140 valence electrons. The number of aryl methyl sites for hydroxylation is 1. The van der Waals surface area contributed by atoms with Crippen molar-refractivity contribution in [3.05, 3.63) is 59.3 Å². The molecule has 0 bridgehead atoms. The molecule has 1 N–H and O–H groups in total. The minimum absolute atomic E-state index is 0.0286. The summed E-state index contributed by atoms with van der Waals surface area (Å²) in [6.07, 6.45) is -2.13. The van der Waals surface area contributed by atoms with Gasteiger partial charge in [0.2, 0.25) is 0 Å². The third-order valence-corrected chi connectivity index (χ3v) is 4.99. The van der Waals surface area contributed by atoms with Crippen LogP contribution in [0, 0.1) is 18.6 Å². The molecule has 1 aliphatic rings. The number of benzene rings is 2. The summed E-state index contributed by atoms with van der Waals surface area (Å²) in [5.74, 6) is -1.38. The fourth-order valence-electron chi connectivity index (χ4n) is 2.71. The molecular weight excluding hydrogens is 384 g/mol. The highest BCUT2D eigenvalue weighted by Crippen LogP contribution is 2.45. The highest BCUT2D eigenvalue weighted by Gasteiger charge is 2.43. The molecule has 0 saturated heterocycles. The van der Waals surface area contributed by atoms with E-state index in [4.69, 9.17) is 0 Å². The predicted octanol–water partition coefficient (Wildman–Crippen LogP) is 5.33. The Labute approximate surface area is 155 Å². The first-order valence-corrected chi connectivity index (χ1v) is 8.67. The molecule has 3 aromatic rings. The molecule has 27 heavy (non-hydrogen) atoms. The number of hydrogen-bond acceptors (Lipinski definition) is 5. The van der Waals surface area contributed by atoms with Gasteiger partial charge >= 0.3 is 6.29 Å². The van der Waals surface area contributed by atoms with E-state index >= 15 is 0 Å². The number of rotatable bonds is 4. The van der Waals surface area contributed by atoms with Crippen molar-refractivity contribution in [2.75, 3.05) is 5.32 Å². The van der Waals surface area contributed by atoms with Crippen LogP contribution >= 0.6 is 11.3 Å². The van der Waals surface area contributed by atoms with E-state index in [0.29, 0.717) is 21.1 Å². The molecule has 4 rings (SSSR count). The first kappa shape index (κ1) is 17.6. The fraction of sp³-hybridized carbons (Fsp3) is 0.167. The molecule has 0 amide bonds. The van der Waals surface area contributed by atoms with E-state index in [0.717, 1.165) is 0 Å². The summed E-state index contributed by atoms with van der Waals surface area (Å²) < 4.78 is 62.7. The Morgan fingerprint density at radius 3 is 2.48 bits per heavy atom. The maximum absolute atomic E-state index is 13.7. The normalized spacial score (nSPS) is 14.4. The van der Waals surface area contributed by atoms with Crippen molar-refractivity contribution in [1.82, 2.24) is 4.98 Å². The van der Waals surface area contributed by atoms with Gasteiger partial charge in [-0.05, 0) is 36.8 Å². The number of ether oxygens (including phenoxy) is 2. The lowest BCUT2D eigenvalue weighted by molar-refractivity contribution is -0.286. The average molecular weight is 396 g/mol. The summed E-state index contributed by atoms with van der Waals surface area (Å²) in [6, 6.07) is 6.58. The minimum Gasteiger partial charge on any atom is -0.395 e. The van der Waals surface area contributed by atoms with Crippen LogP contribution in [0.25, 0.3) is 10.4 Å². The highest BCUT2D eigenvalue weighted by atomic mass is 32.1. The molecule has 0 unspecified atom stereocenters. The van der Waals surface area contributed by atoms with Crippen molar-refractivity contribution in [1.29, 1.82) is 0 Å². The third-order valence-electron chi connectivity index (χ3n) is 4.00. The number of nitrogens with zero attached hydrogens (tertiary/aromatic N) is 1. The Balaban J connectivity index is 1.55. The number of thiazole rings is 1. The van der Waals surface area contributed by atoms with Gasteiger partial charge in [0.15, 0.2) is 16.6 Å². The molecule has 1 aliphatic heterocycles. The van der Waals surface area contributed by atoms with Crippen LogP contribution < -0.4 is 14.8 Å². The Morgan fingerprint density at radius 2 is 1.78 bits per heavy atom. The topological polar surface area (TPSA) is 43.4 Å². The van der Waals surface area contributed by atoms with Crippen LogP contribution in [0.15, 0.2) is 36.5 Å². The van der Waals surface area contributed by atoms with Gasteiger partial charge in [0.1, 0.15) is 11.6 Å². The summed E-state index contributed by atoms with van der Waals surface area (Å²) >= 11 is 1.23. The smallest absolute Gasteiger partial charge is 0.395 e. The second kappa shape index (κ2) is 6.41. The Kier molecular flexibility index (Phi) is 4.18. The van der Waals surface area contributed by atoms with E-state index in [1.54, 1.807) is 13.1 Å². The number of anilines is 1. The molecule has 0 saturated carbocycles. The number of aromatic nitrogens is 1. The Morgan fingerprint density at radius 1 is 1.11 bits per heavy atom. The zero-order valence-corrected chi connectivity index (χ0v) is 14.7. The number of alkyl halides is 2. The van der Waals surface area contributed by atoms with Crippen molar-refractivity contribution >= 4 is 16.5 Å². The van der Waals surface area contributed by atoms with E-state index in [2.05, 4.69) is 19.8 Å². The van der Waals surface area contributed by atoms with Crippen LogP contribution in [0.5, 0.6) is 11.5 Å². The molecular formula is C18H12F4N2O2S. The van der Waals surface area contributed by atoms with Crippen LogP contribution in [0.1, 0.15) is 11.1 Å². The molecule has 0 spiro atoms. The van der Waals surface area contributed by atoms with Gasteiger partial charge in [-0.25, -0.2) is 13.8 Å². The first-order chi connectivity index (χ1) is 12.8. The lowest BCUT2D eigenvalue weighted by Gasteiger charge is -2.06. The Bertz CT molecular complexity index is 1000. The molecule has 0 fully saturated rings. The quantitative estimate of drug-likeness (QED) is 0.606. The maximum Gasteiger partial charge on any atom is 0.586 e. The van der Waals surface area contributed by atoms with Gasteiger partial charge in [0, 0.05) is 23.9 Å². The molecule has 2 aromatic carbocycles. The molecule has 4 nitrogen and oxygen atoms in total. The van der Waals surface area contributed by atoms with E-state index in [1.807, 2.05) is 0 Å². The summed E-state index contributed by atoms with van der Waals surface area (Å²) in [5, 5.41) is 3.31. The molecule has 0 radical (unpaired) electrons.